The average molecular weight is 325 g/mol. The number of hydrogen-bond acceptors (Lipinski definition) is 3. The number of ether oxygens (including phenoxy) is 1. The number of methoxy groups -OCH3 is 1. The molecule has 1 aromatic carbocycles. The minimum atomic E-state index is -0.342. The third-order valence-corrected chi connectivity index (χ3v) is 4.31. The molecule has 2 atom stereocenters. The molecule has 1 aliphatic rings. The van der Waals surface area contributed by atoms with Crippen molar-refractivity contribution >= 4 is 29.1 Å². The Hall–Kier alpha value is -1.75. The Morgan fingerprint density at radius 3 is 2.91 bits per heavy atom. The molecule has 2 amide bonds. The second-order valence-corrected chi connectivity index (χ2v) is 5.97. The molecule has 0 radical (unpaired) electrons. The molecule has 0 saturated carbocycles. The SMILES string of the molecule is CCC(C)N1CC(C(=O)Nc2cc(Cl)ccc2OC)CC1=O. The largest absolute Gasteiger partial charge is 0.495 e. The summed E-state index contributed by atoms with van der Waals surface area (Å²) in [5.74, 6) is 0.0540. The number of hydrogen-bond donors (Lipinski definition) is 1. The Balaban J connectivity index is 2.08. The van der Waals surface area contributed by atoms with E-state index in [1.807, 2.05) is 13.8 Å². The fourth-order valence-electron chi connectivity index (χ4n) is 2.57. The van der Waals surface area contributed by atoms with Gasteiger partial charge >= 0.3 is 0 Å². The van der Waals surface area contributed by atoms with Gasteiger partial charge in [-0.25, -0.2) is 0 Å². The first-order valence-electron chi connectivity index (χ1n) is 7.40. The van der Waals surface area contributed by atoms with Crippen molar-refractivity contribution in [3.05, 3.63) is 23.2 Å². The molecule has 2 unspecified atom stereocenters. The summed E-state index contributed by atoms with van der Waals surface area (Å²) in [7, 11) is 1.53. The highest BCUT2D eigenvalue weighted by atomic mass is 35.5. The smallest absolute Gasteiger partial charge is 0.229 e. The molecule has 120 valence electrons. The van der Waals surface area contributed by atoms with Gasteiger partial charge in [-0.15, -0.1) is 0 Å². The number of nitrogens with zero attached hydrogens (tertiary/aromatic N) is 1. The van der Waals surface area contributed by atoms with E-state index >= 15 is 0 Å². The van der Waals surface area contributed by atoms with Gasteiger partial charge in [-0.1, -0.05) is 18.5 Å². The van der Waals surface area contributed by atoms with Crippen LogP contribution in [0.15, 0.2) is 18.2 Å². The number of benzene rings is 1. The summed E-state index contributed by atoms with van der Waals surface area (Å²) >= 11 is 5.95. The number of likely N-dealkylation sites (tertiary alicyclic amines) is 1. The van der Waals surface area contributed by atoms with Crippen LogP contribution in [0, 0.1) is 5.92 Å². The van der Waals surface area contributed by atoms with Crippen LogP contribution in [0.4, 0.5) is 5.69 Å². The molecule has 1 aliphatic heterocycles. The van der Waals surface area contributed by atoms with Gasteiger partial charge in [0.25, 0.3) is 0 Å². The van der Waals surface area contributed by atoms with Crippen molar-refractivity contribution in [3.8, 4) is 5.75 Å². The van der Waals surface area contributed by atoms with Crippen molar-refractivity contribution in [2.75, 3.05) is 19.0 Å². The van der Waals surface area contributed by atoms with E-state index in [0.717, 1.165) is 6.42 Å². The zero-order chi connectivity index (χ0) is 16.3. The highest BCUT2D eigenvalue weighted by molar-refractivity contribution is 6.31. The van der Waals surface area contributed by atoms with Crippen LogP contribution in [0.25, 0.3) is 0 Å². The van der Waals surface area contributed by atoms with Crippen LogP contribution < -0.4 is 10.1 Å². The molecule has 0 bridgehead atoms. The number of rotatable bonds is 5. The van der Waals surface area contributed by atoms with Gasteiger partial charge < -0.3 is 15.0 Å². The van der Waals surface area contributed by atoms with Crippen LogP contribution in [0.3, 0.4) is 0 Å². The lowest BCUT2D eigenvalue weighted by Crippen LogP contribution is -2.35. The Morgan fingerprint density at radius 1 is 1.55 bits per heavy atom. The zero-order valence-corrected chi connectivity index (χ0v) is 13.8. The van der Waals surface area contributed by atoms with Gasteiger partial charge in [-0.05, 0) is 31.5 Å². The van der Waals surface area contributed by atoms with Crippen LogP contribution in [-0.2, 0) is 9.59 Å². The number of anilines is 1. The Kier molecular flexibility index (Phi) is 5.29. The molecule has 1 aromatic rings. The molecule has 22 heavy (non-hydrogen) atoms. The van der Waals surface area contributed by atoms with Gasteiger partial charge in [0.15, 0.2) is 0 Å². The summed E-state index contributed by atoms with van der Waals surface area (Å²) in [6, 6.07) is 5.19. The molecule has 1 fully saturated rings. The Morgan fingerprint density at radius 2 is 2.27 bits per heavy atom. The summed E-state index contributed by atoms with van der Waals surface area (Å²) < 4.78 is 5.21. The monoisotopic (exact) mass is 324 g/mol. The Bertz CT molecular complexity index is 577. The van der Waals surface area contributed by atoms with Gasteiger partial charge in [-0.3, -0.25) is 9.59 Å². The van der Waals surface area contributed by atoms with Gasteiger partial charge in [0.1, 0.15) is 5.75 Å². The summed E-state index contributed by atoms with van der Waals surface area (Å²) in [6.45, 7) is 4.49. The van der Waals surface area contributed by atoms with E-state index in [-0.39, 0.29) is 30.2 Å². The van der Waals surface area contributed by atoms with Crippen LogP contribution in [0.1, 0.15) is 26.7 Å². The highest BCUT2D eigenvalue weighted by Gasteiger charge is 2.36. The highest BCUT2D eigenvalue weighted by Crippen LogP contribution is 2.29. The molecule has 0 spiro atoms. The second-order valence-electron chi connectivity index (χ2n) is 5.54. The molecule has 0 aliphatic carbocycles. The van der Waals surface area contributed by atoms with Crippen molar-refractivity contribution in [1.82, 2.24) is 4.90 Å². The number of carbonyl (C=O) groups is 2. The fourth-order valence-corrected chi connectivity index (χ4v) is 2.74. The summed E-state index contributed by atoms with van der Waals surface area (Å²) in [5.41, 5.74) is 0.523. The standard InChI is InChI=1S/C16H21ClN2O3/c1-4-10(2)19-9-11(7-15(19)20)16(21)18-13-8-12(17)5-6-14(13)22-3/h5-6,8,10-11H,4,7,9H2,1-3H3,(H,18,21). The predicted octanol–water partition coefficient (Wildman–Crippen LogP) is 2.93. The topological polar surface area (TPSA) is 58.6 Å². The van der Waals surface area contributed by atoms with Crippen molar-refractivity contribution in [3.63, 3.8) is 0 Å². The van der Waals surface area contributed by atoms with E-state index in [0.29, 0.717) is 23.0 Å². The van der Waals surface area contributed by atoms with Crippen LogP contribution in [-0.4, -0.2) is 36.4 Å². The third-order valence-electron chi connectivity index (χ3n) is 4.07. The fraction of sp³-hybridized carbons (Fsp3) is 0.500. The minimum absolute atomic E-state index is 0.0348. The maximum atomic E-state index is 12.4. The molecule has 1 heterocycles. The molecule has 0 aromatic heterocycles. The molecule has 2 rings (SSSR count). The van der Waals surface area contributed by atoms with Crippen LogP contribution in [0.2, 0.25) is 5.02 Å². The lowest BCUT2D eigenvalue weighted by Gasteiger charge is -2.23. The zero-order valence-electron chi connectivity index (χ0n) is 13.1. The summed E-state index contributed by atoms with van der Waals surface area (Å²) in [4.78, 5) is 26.2. The first-order chi connectivity index (χ1) is 10.5. The number of halogens is 1. The van der Waals surface area contributed by atoms with E-state index in [4.69, 9.17) is 16.3 Å². The predicted molar refractivity (Wildman–Crippen MR) is 86.2 cm³/mol. The average Bonchev–Trinajstić information content (AvgIpc) is 2.89. The van der Waals surface area contributed by atoms with Gasteiger partial charge in [-0.2, -0.15) is 0 Å². The number of carbonyl (C=O) groups excluding carboxylic acids is 2. The normalized spacial score (nSPS) is 19.2. The van der Waals surface area contributed by atoms with Crippen LogP contribution in [0.5, 0.6) is 5.75 Å². The number of nitrogens with one attached hydrogen (secondary N) is 1. The van der Waals surface area contributed by atoms with E-state index in [2.05, 4.69) is 5.32 Å². The molecule has 1 saturated heterocycles. The third kappa shape index (κ3) is 3.53. The van der Waals surface area contributed by atoms with E-state index in [9.17, 15) is 9.59 Å². The van der Waals surface area contributed by atoms with E-state index < -0.39 is 0 Å². The van der Waals surface area contributed by atoms with Crippen molar-refractivity contribution in [1.29, 1.82) is 0 Å². The van der Waals surface area contributed by atoms with Crippen molar-refractivity contribution in [2.45, 2.75) is 32.7 Å². The van der Waals surface area contributed by atoms with Gasteiger partial charge in [0.2, 0.25) is 11.8 Å². The first kappa shape index (κ1) is 16.6. The molecular formula is C16H21ClN2O3. The lowest BCUT2D eigenvalue weighted by atomic mass is 10.1. The van der Waals surface area contributed by atoms with E-state index in [1.54, 1.807) is 23.1 Å². The van der Waals surface area contributed by atoms with E-state index in [1.165, 1.54) is 7.11 Å². The lowest BCUT2D eigenvalue weighted by molar-refractivity contribution is -0.129. The summed E-state index contributed by atoms with van der Waals surface area (Å²) in [6.07, 6.45) is 1.13. The maximum Gasteiger partial charge on any atom is 0.229 e. The van der Waals surface area contributed by atoms with Crippen LogP contribution >= 0.6 is 11.6 Å². The minimum Gasteiger partial charge on any atom is -0.495 e. The Labute approximate surface area is 135 Å². The number of amides is 2. The first-order valence-corrected chi connectivity index (χ1v) is 7.78. The molecule has 1 N–H and O–H groups in total. The second kappa shape index (κ2) is 7.01. The van der Waals surface area contributed by atoms with Crippen molar-refractivity contribution in [2.24, 2.45) is 5.92 Å². The molecule has 6 heteroatoms. The molecular weight excluding hydrogens is 304 g/mol. The quantitative estimate of drug-likeness (QED) is 0.906. The maximum absolute atomic E-state index is 12.4. The van der Waals surface area contributed by atoms with Gasteiger partial charge in [0, 0.05) is 24.0 Å². The molecule has 5 nitrogen and oxygen atoms in total. The summed E-state index contributed by atoms with van der Waals surface area (Å²) in [5, 5.41) is 3.33. The van der Waals surface area contributed by atoms with Crippen molar-refractivity contribution < 1.29 is 14.3 Å². The van der Waals surface area contributed by atoms with Gasteiger partial charge in [0.05, 0.1) is 18.7 Å².